The Labute approximate surface area is 184 Å². The van der Waals surface area contributed by atoms with E-state index in [9.17, 15) is 28.8 Å². The van der Waals surface area contributed by atoms with E-state index in [2.05, 4.69) is 15.4 Å². The molecule has 0 saturated carbocycles. The van der Waals surface area contributed by atoms with E-state index < -0.39 is 29.7 Å². The highest BCUT2D eigenvalue weighted by Gasteiger charge is 2.45. The summed E-state index contributed by atoms with van der Waals surface area (Å²) in [6.45, 7) is 0. The van der Waals surface area contributed by atoms with Crippen LogP contribution < -0.4 is 10.6 Å². The third-order valence-electron chi connectivity index (χ3n) is 5.50. The third kappa shape index (κ3) is 5.01. The molecule has 5 amide bonds. The minimum atomic E-state index is -1.06. The molecule has 2 N–H and O–H groups in total. The average Bonchev–Trinajstić information content (AvgIpc) is 3.01. The number of carbonyl (C=O) groups is 6. The van der Waals surface area contributed by atoms with Crippen LogP contribution in [-0.2, 0) is 23.9 Å². The van der Waals surface area contributed by atoms with Crippen molar-refractivity contribution in [3.63, 3.8) is 0 Å². The Bertz CT molecular complexity index is 972. The molecule has 3 rings (SSSR count). The van der Waals surface area contributed by atoms with Gasteiger partial charge in [0.1, 0.15) is 6.04 Å². The van der Waals surface area contributed by atoms with Gasteiger partial charge in [-0.2, -0.15) is 0 Å². The van der Waals surface area contributed by atoms with Crippen LogP contribution in [0, 0.1) is 0 Å². The van der Waals surface area contributed by atoms with Crippen LogP contribution in [0.5, 0.6) is 0 Å². The van der Waals surface area contributed by atoms with Crippen LogP contribution in [0.1, 0.15) is 72.1 Å². The fraction of sp³-hybridized carbons (Fsp3) is 0.455. The van der Waals surface area contributed by atoms with Crippen molar-refractivity contribution < 1.29 is 33.5 Å². The molecule has 1 fully saturated rings. The summed E-state index contributed by atoms with van der Waals surface area (Å²) in [5, 5.41) is 4.83. The summed E-state index contributed by atoms with van der Waals surface area (Å²) in [6.07, 6.45) is 3.51. The second kappa shape index (κ2) is 10.2. The number of rotatable bonds is 9. The number of carbonyl (C=O) groups excluding carboxylic acids is 6. The Hall–Kier alpha value is -3.56. The van der Waals surface area contributed by atoms with E-state index in [1.54, 1.807) is 6.07 Å². The van der Waals surface area contributed by atoms with Gasteiger partial charge in [-0.25, -0.2) is 0 Å². The lowest BCUT2D eigenvalue weighted by Gasteiger charge is -2.27. The van der Waals surface area contributed by atoms with Gasteiger partial charge >= 0.3 is 5.97 Å². The molecule has 170 valence electrons. The van der Waals surface area contributed by atoms with Gasteiger partial charge in [0.05, 0.1) is 23.9 Å². The maximum Gasteiger partial charge on any atom is 0.305 e. The average molecular weight is 443 g/mol. The molecule has 1 aromatic carbocycles. The zero-order valence-electron chi connectivity index (χ0n) is 17.8. The van der Waals surface area contributed by atoms with Gasteiger partial charge in [0.25, 0.3) is 11.8 Å². The number of imide groups is 2. The molecule has 1 unspecified atom stereocenters. The van der Waals surface area contributed by atoms with E-state index in [0.29, 0.717) is 19.3 Å². The summed E-state index contributed by atoms with van der Waals surface area (Å²) in [6, 6.07) is 3.50. The lowest BCUT2D eigenvalue weighted by Crippen LogP contribution is -2.54. The summed E-state index contributed by atoms with van der Waals surface area (Å²) in [7, 11) is 1.34. The van der Waals surface area contributed by atoms with Gasteiger partial charge in [0, 0.05) is 19.3 Å². The quantitative estimate of drug-likeness (QED) is 0.335. The molecule has 1 atom stereocenters. The second-order valence-electron chi connectivity index (χ2n) is 7.71. The van der Waals surface area contributed by atoms with Crippen LogP contribution in [0.4, 0.5) is 5.69 Å². The van der Waals surface area contributed by atoms with Gasteiger partial charge < -0.3 is 10.1 Å². The number of nitrogens with one attached hydrogen (secondary N) is 2. The van der Waals surface area contributed by atoms with Gasteiger partial charge in [0.15, 0.2) is 0 Å². The molecule has 1 aromatic rings. The number of methoxy groups -OCH3 is 1. The van der Waals surface area contributed by atoms with E-state index in [4.69, 9.17) is 0 Å². The fourth-order valence-electron chi connectivity index (χ4n) is 3.84. The maximum absolute atomic E-state index is 13.0. The van der Waals surface area contributed by atoms with E-state index in [1.807, 2.05) is 0 Å². The number of piperidine rings is 1. The SMILES string of the molecule is COC(=O)CCCCCCC(=O)Nc1cccc2c1C(=O)N(C1CCC(=O)NC1=O)C2=O. The number of anilines is 1. The Morgan fingerprint density at radius 2 is 1.78 bits per heavy atom. The molecule has 0 aliphatic carbocycles. The van der Waals surface area contributed by atoms with Crippen LogP contribution in [0.25, 0.3) is 0 Å². The number of hydrogen-bond donors (Lipinski definition) is 2. The molecular formula is C22H25N3O7. The van der Waals surface area contributed by atoms with Gasteiger partial charge in [-0.3, -0.25) is 39.0 Å². The topological polar surface area (TPSA) is 139 Å². The highest BCUT2D eigenvalue weighted by atomic mass is 16.5. The molecule has 1 saturated heterocycles. The zero-order chi connectivity index (χ0) is 23.3. The largest absolute Gasteiger partial charge is 0.469 e. The lowest BCUT2D eigenvalue weighted by molar-refractivity contribution is -0.141. The Morgan fingerprint density at radius 1 is 1.06 bits per heavy atom. The first-order valence-electron chi connectivity index (χ1n) is 10.5. The predicted molar refractivity (Wildman–Crippen MR) is 111 cm³/mol. The number of hydrogen-bond acceptors (Lipinski definition) is 7. The predicted octanol–water partition coefficient (Wildman–Crippen LogP) is 1.54. The number of nitrogens with zero attached hydrogens (tertiary/aromatic N) is 1. The first kappa shape index (κ1) is 23.1. The molecule has 2 aliphatic rings. The number of fused-ring (bicyclic) bond motifs is 1. The van der Waals surface area contributed by atoms with Crippen molar-refractivity contribution in [1.29, 1.82) is 0 Å². The summed E-state index contributed by atoms with van der Waals surface area (Å²) in [5.41, 5.74) is 0.375. The molecule has 0 bridgehead atoms. The molecule has 0 aromatic heterocycles. The fourth-order valence-corrected chi connectivity index (χ4v) is 3.84. The summed E-state index contributed by atoms with van der Waals surface area (Å²) in [5.74, 6) is -2.98. The molecular weight excluding hydrogens is 418 g/mol. The molecule has 2 heterocycles. The molecule has 10 nitrogen and oxygen atoms in total. The van der Waals surface area contributed by atoms with Crippen molar-refractivity contribution in [2.45, 2.75) is 57.4 Å². The second-order valence-corrected chi connectivity index (χ2v) is 7.71. The van der Waals surface area contributed by atoms with Crippen LogP contribution >= 0.6 is 0 Å². The van der Waals surface area contributed by atoms with Gasteiger partial charge in [-0.05, 0) is 31.4 Å². The molecule has 32 heavy (non-hydrogen) atoms. The third-order valence-corrected chi connectivity index (χ3v) is 5.50. The van der Waals surface area contributed by atoms with E-state index in [1.165, 1.54) is 19.2 Å². The maximum atomic E-state index is 13.0. The zero-order valence-corrected chi connectivity index (χ0v) is 17.8. The van der Waals surface area contributed by atoms with E-state index in [0.717, 1.165) is 17.7 Å². The lowest BCUT2D eigenvalue weighted by atomic mass is 10.0. The highest BCUT2D eigenvalue weighted by Crippen LogP contribution is 2.32. The summed E-state index contributed by atoms with van der Waals surface area (Å²) < 4.78 is 4.58. The minimum absolute atomic E-state index is 0.0348. The first-order valence-corrected chi connectivity index (χ1v) is 10.5. The van der Waals surface area contributed by atoms with Crippen LogP contribution in [-0.4, -0.2) is 53.6 Å². The summed E-state index contributed by atoms with van der Waals surface area (Å²) >= 11 is 0. The molecule has 0 spiro atoms. The van der Waals surface area contributed by atoms with Gasteiger partial charge in [-0.1, -0.05) is 18.9 Å². The van der Waals surface area contributed by atoms with Crippen molar-refractivity contribution in [3.8, 4) is 0 Å². The molecule has 0 radical (unpaired) electrons. The Balaban J connectivity index is 1.60. The Kier molecular flexibility index (Phi) is 7.34. The number of amides is 5. The molecule has 10 heteroatoms. The normalized spacial score (nSPS) is 17.8. The number of ether oxygens (including phenoxy) is 1. The van der Waals surface area contributed by atoms with Gasteiger partial charge in [-0.15, -0.1) is 0 Å². The van der Waals surface area contributed by atoms with Gasteiger partial charge in [0.2, 0.25) is 17.7 Å². The monoisotopic (exact) mass is 443 g/mol. The minimum Gasteiger partial charge on any atom is -0.469 e. The first-order chi connectivity index (χ1) is 15.3. The van der Waals surface area contributed by atoms with Crippen molar-refractivity contribution in [3.05, 3.63) is 29.3 Å². The van der Waals surface area contributed by atoms with Crippen molar-refractivity contribution in [2.24, 2.45) is 0 Å². The number of esters is 1. The summed E-state index contributed by atoms with van der Waals surface area (Å²) in [4.78, 5) is 73.7. The van der Waals surface area contributed by atoms with Crippen molar-refractivity contribution >= 4 is 41.2 Å². The smallest absolute Gasteiger partial charge is 0.305 e. The van der Waals surface area contributed by atoms with E-state index in [-0.39, 0.29) is 48.0 Å². The highest BCUT2D eigenvalue weighted by molar-refractivity contribution is 6.26. The Morgan fingerprint density at radius 3 is 2.47 bits per heavy atom. The van der Waals surface area contributed by atoms with E-state index >= 15 is 0 Å². The van der Waals surface area contributed by atoms with Crippen LogP contribution in [0.2, 0.25) is 0 Å². The van der Waals surface area contributed by atoms with Crippen molar-refractivity contribution in [1.82, 2.24) is 10.2 Å². The number of unbranched alkanes of at least 4 members (excludes halogenated alkanes) is 3. The van der Waals surface area contributed by atoms with Crippen molar-refractivity contribution in [2.75, 3.05) is 12.4 Å². The standard InChI is InChI=1S/C22H25N3O7/c1-32-18(28)10-5-3-2-4-9-16(26)23-14-8-6-7-13-19(14)22(31)25(21(13)30)15-11-12-17(27)24-20(15)29/h6-8,15H,2-5,9-12H2,1H3,(H,23,26)(H,24,27,29). The van der Waals surface area contributed by atoms with Crippen LogP contribution in [0.3, 0.4) is 0 Å². The number of benzene rings is 1. The molecule has 2 aliphatic heterocycles. The van der Waals surface area contributed by atoms with Crippen LogP contribution in [0.15, 0.2) is 18.2 Å².